The summed E-state index contributed by atoms with van der Waals surface area (Å²) in [6, 6.07) is 9.55. The van der Waals surface area contributed by atoms with Gasteiger partial charge in [-0.15, -0.1) is 0 Å². The number of hydrogen-bond donors (Lipinski definition) is 1. The minimum atomic E-state index is -0.708. The number of thioether (sulfide) groups is 1. The number of rotatable bonds is 6. The van der Waals surface area contributed by atoms with Crippen molar-refractivity contribution in [1.29, 1.82) is 0 Å². The number of hydrogen-bond acceptors (Lipinski definition) is 7. The summed E-state index contributed by atoms with van der Waals surface area (Å²) in [4.78, 5) is 29.9. The molecule has 2 aromatic carbocycles. The van der Waals surface area contributed by atoms with Gasteiger partial charge in [-0.25, -0.2) is 4.99 Å². The van der Waals surface area contributed by atoms with Gasteiger partial charge in [-0.3, -0.25) is 19.8 Å². The highest BCUT2D eigenvalue weighted by atomic mass is 35.5. The summed E-state index contributed by atoms with van der Waals surface area (Å²) in [5.74, 6) is -0.858. The predicted octanol–water partition coefficient (Wildman–Crippen LogP) is 4.98. The first-order valence-corrected chi connectivity index (χ1v) is 10.1. The van der Waals surface area contributed by atoms with Crippen LogP contribution in [0.3, 0.4) is 0 Å². The van der Waals surface area contributed by atoms with E-state index in [1.54, 1.807) is 29.2 Å². The van der Waals surface area contributed by atoms with Crippen molar-refractivity contribution in [2.75, 3.05) is 13.7 Å². The van der Waals surface area contributed by atoms with E-state index >= 15 is 0 Å². The van der Waals surface area contributed by atoms with Crippen molar-refractivity contribution in [3.63, 3.8) is 0 Å². The summed E-state index contributed by atoms with van der Waals surface area (Å²) in [7, 11) is 1.30. The van der Waals surface area contributed by atoms with Gasteiger partial charge in [-0.1, -0.05) is 18.5 Å². The molecule has 3 rings (SSSR count). The van der Waals surface area contributed by atoms with Crippen molar-refractivity contribution in [2.24, 2.45) is 4.99 Å². The maximum atomic E-state index is 12.9. The Kier molecular flexibility index (Phi) is 6.63. The average molecular weight is 448 g/mol. The van der Waals surface area contributed by atoms with Gasteiger partial charge in [-0.05, 0) is 60.2 Å². The molecule has 1 heterocycles. The molecule has 2 aromatic rings. The van der Waals surface area contributed by atoms with E-state index in [0.717, 1.165) is 6.42 Å². The molecule has 1 aliphatic rings. The lowest BCUT2D eigenvalue weighted by atomic mass is 10.1. The number of phenolic OH excluding ortho intramolecular Hbond substituents is 1. The third-order valence-corrected chi connectivity index (χ3v) is 5.44. The normalized spacial score (nSPS) is 16.5. The van der Waals surface area contributed by atoms with Gasteiger partial charge >= 0.3 is 5.69 Å². The molecule has 156 valence electrons. The second kappa shape index (κ2) is 9.19. The Morgan fingerprint density at radius 3 is 2.63 bits per heavy atom. The van der Waals surface area contributed by atoms with E-state index in [9.17, 15) is 20.0 Å². The van der Waals surface area contributed by atoms with E-state index in [0.29, 0.717) is 32.9 Å². The number of aliphatic imine (C=N–C) groups is 1. The number of aromatic hydroxyl groups is 1. The number of nitro groups is 1. The molecular formula is C20H18ClN3O5S. The number of carbonyl (C=O) groups is 1. The zero-order chi connectivity index (χ0) is 21.8. The maximum absolute atomic E-state index is 12.9. The van der Waals surface area contributed by atoms with Gasteiger partial charge in [-0.2, -0.15) is 0 Å². The van der Waals surface area contributed by atoms with Crippen molar-refractivity contribution in [1.82, 2.24) is 4.90 Å². The fourth-order valence-electron chi connectivity index (χ4n) is 2.78. The molecular weight excluding hydrogens is 430 g/mol. The van der Waals surface area contributed by atoms with Gasteiger partial charge in [0.1, 0.15) is 0 Å². The van der Waals surface area contributed by atoms with Crippen LogP contribution in [0.4, 0.5) is 11.4 Å². The number of phenols is 1. The lowest BCUT2D eigenvalue weighted by Gasteiger charge is -2.13. The SMILES string of the molecule is CCCN1C(=O)/C(=C/c2cc(OC)c(O)c([N+](=O)[O-])c2)SC1=Nc1ccc(Cl)cc1. The van der Waals surface area contributed by atoms with Gasteiger partial charge in [0, 0.05) is 17.6 Å². The number of amides is 1. The molecule has 8 nitrogen and oxygen atoms in total. The predicted molar refractivity (Wildman–Crippen MR) is 117 cm³/mol. The van der Waals surface area contributed by atoms with E-state index in [4.69, 9.17) is 16.3 Å². The molecule has 1 fully saturated rings. The molecule has 0 saturated carbocycles. The quantitative estimate of drug-likeness (QED) is 0.380. The topological polar surface area (TPSA) is 105 Å². The van der Waals surface area contributed by atoms with Crippen molar-refractivity contribution < 1.29 is 19.6 Å². The molecule has 1 amide bonds. The summed E-state index contributed by atoms with van der Waals surface area (Å²) in [6.45, 7) is 2.43. The number of carbonyl (C=O) groups excluding carboxylic acids is 1. The Morgan fingerprint density at radius 1 is 1.33 bits per heavy atom. The zero-order valence-electron chi connectivity index (χ0n) is 16.2. The number of benzene rings is 2. The van der Waals surface area contributed by atoms with Gasteiger partial charge in [0.05, 0.1) is 22.6 Å². The van der Waals surface area contributed by atoms with E-state index < -0.39 is 16.4 Å². The van der Waals surface area contributed by atoms with Crippen LogP contribution in [0.2, 0.25) is 5.02 Å². The molecule has 1 aliphatic heterocycles. The number of amidine groups is 1. The minimum Gasteiger partial charge on any atom is -0.500 e. The number of methoxy groups -OCH3 is 1. The first-order valence-electron chi connectivity index (χ1n) is 8.95. The second-order valence-corrected chi connectivity index (χ2v) is 7.73. The lowest BCUT2D eigenvalue weighted by molar-refractivity contribution is -0.386. The van der Waals surface area contributed by atoms with Crippen molar-refractivity contribution in [3.8, 4) is 11.5 Å². The van der Waals surface area contributed by atoms with E-state index in [1.807, 2.05) is 6.92 Å². The van der Waals surface area contributed by atoms with Gasteiger partial charge in [0.25, 0.3) is 5.91 Å². The molecule has 0 atom stereocenters. The number of nitro benzene ring substituents is 1. The lowest BCUT2D eigenvalue weighted by Crippen LogP contribution is -2.29. The fraction of sp³-hybridized carbons (Fsp3) is 0.200. The molecule has 0 unspecified atom stereocenters. The van der Waals surface area contributed by atoms with Crippen LogP contribution in [0.25, 0.3) is 6.08 Å². The Morgan fingerprint density at radius 2 is 2.03 bits per heavy atom. The summed E-state index contributed by atoms with van der Waals surface area (Å²) in [6.07, 6.45) is 2.26. The van der Waals surface area contributed by atoms with Crippen LogP contribution in [0.5, 0.6) is 11.5 Å². The van der Waals surface area contributed by atoms with E-state index in [-0.39, 0.29) is 11.7 Å². The second-order valence-electron chi connectivity index (χ2n) is 6.29. The van der Waals surface area contributed by atoms with E-state index in [2.05, 4.69) is 4.99 Å². The monoisotopic (exact) mass is 447 g/mol. The summed E-state index contributed by atoms with van der Waals surface area (Å²) in [5, 5.41) is 22.3. The molecule has 0 bridgehead atoms. The number of ether oxygens (including phenoxy) is 1. The zero-order valence-corrected chi connectivity index (χ0v) is 17.7. The van der Waals surface area contributed by atoms with Crippen molar-refractivity contribution >= 4 is 51.9 Å². The molecule has 0 aliphatic carbocycles. The number of halogens is 1. The van der Waals surface area contributed by atoms with Gasteiger partial charge in [0.2, 0.25) is 5.75 Å². The molecule has 30 heavy (non-hydrogen) atoms. The van der Waals surface area contributed by atoms with Crippen LogP contribution in [0.1, 0.15) is 18.9 Å². The van der Waals surface area contributed by atoms with Crippen molar-refractivity contribution in [2.45, 2.75) is 13.3 Å². The third kappa shape index (κ3) is 4.58. The van der Waals surface area contributed by atoms with Gasteiger partial charge in [0.15, 0.2) is 10.9 Å². The summed E-state index contributed by atoms with van der Waals surface area (Å²) < 4.78 is 5.02. The Hall–Kier alpha value is -3.04. The highest BCUT2D eigenvalue weighted by Crippen LogP contribution is 2.39. The van der Waals surface area contributed by atoms with Crippen LogP contribution in [0.15, 0.2) is 46.3 Å². The third-order valence-electron chi connectivity index (χ3n) is 4.18. The summed E-state index contributed by atoms with van der Waals surface area (Å²) >= 11 is 7.08. The Bertz CT molecular complexity index is 1050. The van der Waals surface area contributed by atoms with Crippen LogP contribution in [-0.4, -0.2) is 39.7 Å². The molecule has 0 radical (unpaired) electrons. The first kappa shape index (κ1) is 21.7. The fourth-order valence-corrected chi connectivity index (χ4v) is 3.93. The largest absolute Gasteiger partial charge is 0.500 e. The minimum absolute atomic E-state index is 0.0491. The Labute approximate surface area is 182 Å². The van der Waals surface area contributed by atoms with Crippen LogP contribution < -0.4 is 4.74 Å². The van der Waals surface area contributed by atoms with Gasteiger partial charge < -0.3 is 9.84 Å². The molecule has 1 N–H and O–H groups in total. The van der Waals surface area contributed by atoms with Crippen LogP contribution in [-0.2, 0) is 4.79 Å². The molecule has 10 heteroatoms. The molecule has 1 saturated heterocycles. The molecule has 0 aromatic heterocycles. The van der Waals surface area contributed by atoms with Crippen LogP contribution in [0, 0.1) is 10.1 Å². The highest BCUT2D eigenvalue weighted by molar-refractivity contribution is 8.18. The smallest absolute Gasteiger partial charge is 0.315 e. The first-order chi connectivity index (χ1) is 14.3. The Balaban J connectivity index is 2.01. The maximum Gasteiger partial charge on any atom is 0.315 e. The molecule has 0 spiro atoms. The average Bonchev–Trinajstić information content (AvgIpc) is 2.99. The number of nitrogens with zero attached hydrogens (tertiary/aromatic N) is 3. The standard InChI is InChI=1S/C20H18ClN3O5S/c1-3-8-23-19(26)17(30-20(23)22-14-6-4-13(21)5-7-14)11-12-9-15(24(27)28)18(25)16(10-12)29-2/h4-7,9-11,25H,3,8H2,1-2H3/b17-11-,22-20?. The van der Waals surface area contributed by atoms with Crippen molar-refractivity contribution in [3.05, 3.63) is 62.0 Å². The highest BCUT2D eigenvalue weighted by Gasteiger charge is 2.33. The summed E-state index contributed by atoms with van der Waals surface area (Å²) in [5.41, 5.74) is 0.507. The van der Waals surface area contributed by atoms with E-state index in [1.165, 1.54) is 37.1 Å². The van der Waals surface area contributed by atoms with Crippen LogP contribution >= 0.6 is 23.4 Å².